The molecule has 0 radical (unpaired) electrons. The molecule has 0 saturated heterocycles. The second-order valence-electron chi connectivity index (χ2n) is 5.56. The number of hydrogen-bond acceptors (Lipinski definition) is 3. The number of benzene rings is 1. The van der Waals surface area contributed by atoms with Gasteiger partial charge in [-0.1, -0.05) is 18.9 Å². The van der Waals surface area contributed by atoms with E-state index in [1.807, 2.05) is 32.0 Å². The first-order chi connectivity index (χ1) is 9.56. The van der Waals surface area contributed by atoms with E-state index in [0.717, 1.165) is 31.2 Å². The van der Waals surface area contributed by atoms with Gasteiger partial charge in [0.1, 0.15) is 5.75 Å². The molecule has 0 heterocycles. The maximum atomic E-state index is 11.8. The van der Waals surface area contributed by atoms with Crippen LogP contribution in [0.4, 0.5) is 0 Å². The highest BCUT2D eigenvalue weighted by Crippen LogP contribution is 2.19. The highest BCUT2D eigenvalue weighted by atomic mass is 16.5. The SMILES string of the molecule is Cc1ccc(OCC(=O)N[C@H]2CCCC[C@@H]2O)cc1C. The zero-order chi connectivity index (χ0) is 14.5. The van der Waals surface area contributed by atoms with Crippen molar-refractivity contribution in [2.75, 3.05) is 6.61 Å². The summed E-state index contributed by atoms with van der Waals surface area (Å²) in [6, 6.07) is 5.65. The molecule has 0 spiro atoms. The van der Waals surface area contributed by atoms with Gasteiger partial charge in [-0.3, -0.25) is 4.79 Å². The molecule has 1 saturated carbocycles. The quantitative estimate of drug-likeness (QED) is 0.886. The number of aliphatic hydroxyl groups is 1. The van der Waals surface area contributed by atoms with Gasteiger partial charge in [0.15, 0.2) is 6.61 Å². The smallest absolute Gasteiger partial charge is 0.258 e. The topological polar surface area (TPSA) is 58.6 Å². The van der Waals surface area contributed by atoms with Gasteiger partial charge in [0, 0.05) is 0 Å². The molecule has 1 fully saturated rings. The van der Waals surface area contributed by atoms with E-state index in [4.69, 9.17) is 4.74 Å². The van der Waals surface area contributed by atoms with E-state index in [-0.39, 0.29) is 18.6 Å². The van der Waals surface area contributed by atoms with Crippen LogP contribution in [0, 0.1) is 13.8 Å². The Kier molecular flexibility index (Phi) is 5.01. The second-order valence-corrected chi connectivity index (χ2v) is 5.56. The molecular weight excluding hydrogens is 254 g/mol. The molecule has 0 aliphatic heterocycles. The summed E-state index contributed by atoms with van der Waals surface area (Å²) in [5, 5.41) is 12.7. The van der Waals surface area contributed by atoms with Crippen LogP contribution < -0.4 is 10.1 Å². The van der Waals surface area contributed by atoms with Gasteiger partial charge in [0.05, 0.1) is 12.1 Å². The van der Waals surface area contributed by atoms with Gasteiger partial charge in [-0.05, 0) is 49.9 Å². The summed E-state index contributed by atoms with van der Waals surface area (Å²) < 4.78 is 5.49. The zero-order valence-corrected chi connectivity index (χ0v) is 12.2. The van der Waals surface area contributed by atoms with Gasteiger partial charge < -0.3 is 15.2 Å². The monoisotopic (exact) mass is 277 g/mol. The number of nitrogens with one attached hydrogen (secondary N) is 1. The van der Waals surface area contributed by atoms with Crippen LogP contribution >= 0.6 is 0 Å². The summed E-state index contributed by atoms with van der Waals surface area (Å²) in [6.45, 7) is 4.04. The molecule has 110 valence electrons. The largest absolute Gasteiger partial charge is 0.484 e. The first-order valence-electron chi connectivity index (χ1n) is 7.24. The summed E-state index contributed by atoms with van der Waals surface area (Å²) in [5.74, 6) is 0.529. The molecule has 4 nitrogen and oxygen atoms in total. The van der Waals surface area contributed by atoms with Crippen molar-refractivity contribution in [1.29, 1.82) is 0 Å². The predicted molar refractivity (Wildman–Crippen MR) is 77.8 cm³/mol. The Labute approximate surface area is 120 Å². The lowest BCUT2D eigenvalue weighted by Crippen LogP contribution is -2.46. The fraction of sp³-hybridized carbons (Fsp3) is 0.562. The first-order valence-corrected chi connectivity index (χ1v) is 7.24. The van der Waals surface area contributed by atoms with Gasteiger partial charge in [-0.2, -0.15) is 0 Å². The molecule has 0 unspecified atom stereocenters. The van der Waals surface area contributed by atoms with E-state index in [0.29, 0.717) is 5.75 Å². The number of carbonyl (C=O) groups is 1. The van der Waals surface area contributed by atoms with Crippen molar-refractivity contribution in [3.63, 3.8) is 0 Å². The minimum absolute atomic E-state index is 0.00821. The van der Waals surface area contributed by atoms with Gasteiger partial charge in [-0.25, -0.2) is 0 Å². The number of rotatable bonds is 4. The van der Waals surface area contributed by atoms with Crippen molar-refractivity contribution in [2.24, 2.45) is 0 Å². The van der Waals surface area contributed by atoms with Crippen LogP contribution in [-0.4, -0.2) is 29.8 Å². The van der Waals surface area contributed by atoms with Crippen molar-refractivity contribution >= 4 is 5.91 Å². The first kappa shape index (κ1) is 14.9. The van der Waals surface area contributed by atoms with Crippen molar-refractivity contribution in [1.82, 2.24) is 5.32 Å². The fourth-order valence-corrected chi connectivity index (χ4v) is 2.48. The van der Waals surface area contributed by atoms with Crippen LogP contribution in [0.15, 0.2) is 18.2 Å². The van der Waals surface area contributed by atoms with Crippen molar-refractivity contribution in [3.05, 3.63) is 29.3 Å². The lowest BCUT2D eigenvalue weighted by Gasteiger charge is -2.28. The van der Waals surface area contributed by atoms with Crippen molar-refractivity contribution in [2.45, 2.75) is 51.7 Å². The van der Waals surface area contributed by atoms with Crippen LogP contribution in [0.1, 0.15) is 36.8 Å². The number of aliphatic hydroxyl groups excluding tert-OH is 1. The number of ether oxygens (including phenoxy) is 1. The molecule has 2 N–H and O–H groups in total. The summed E-state index contributed by atoms with van der Waals surface area (Å²) in [4.78, 5) is 11.8. The summed E-state index contributed by atoms with van der Waals surface area (Å²) in [7, 11) is 0. The Morgan fingerprint density at radius 3 is 2.75 bits per heavy atom. The molecule has 2 atom stereocenters. The van der Waals surface area contributed by atoms with Gasteiger partial charge in [0.25, 0.3) is 5.91 Å². The molecule has 20 heavy (non-hydrogen) atoms. The third kappa shape index (κ3) is 3.97. The van der Waals surface area contributed by atoms with Crippen LogP contribution in [0.2, 0.25) is 0 Å². The van der Waals surface area contributed by atoms with Crippen LogP contribution in [-0.2, 0) is 4.79 Å². The van der Waals surface area contributed by atoms with E-state index in [1.54, 1.807) is 0 Å². The normalized spacial score (nSPS) is 22.4. The highest BCUT2D eigenvalue weighted by molar-refractivity contribution is 5.77. The third-order valence-electron chi connectivity index (χ3n) is 3.92. The molecule has 1 aromatic rings. The van der Waals surface area contributed by atoms with Gasteiger partial charge in [-0.15, -0.1) is 0 Å². The zero-order valence-electron chi connectivity index (χ0n) is 12.2. The van der Waals surface area contributed by atoms with Crippen LogP contribution in [0.25, 0.3) is 0 Å². The molecular formula is C16H23NO3. The van der Waals surface area contributed by atoms with Crippen LogP contribution in [0.5, 0.6) is 5.75 Å². The van der Waals surface area contributed by atoms with Gasteiger partial charge in [0.2, 0.25) is 0 Å². The molecule has 0 aromatic heterocycles. The average Bonchev–Trinajstić information content (AvgIpc) is 2.43. The molecule has 1 aromatic carbocycles. The number of hydrogen-bond donors (Lipinski definition) is 2. The molecule has 4 heteroatoms. The Morgan fingerprint density at radius 2 is 2.05 bits per heavy atom. The lowest BCUT2D eigenvalue weighted by atomic mass is 9.92. The highest BCUT2D eigenvalue weighted by Gasteiger charge is 2.24. The minimum Gasteiger partial charge on any atom is -0.484 e. The number of amides is 1. The van der Waals surface area contributed by atoms with E-state index >= 15 is 0 Å². The second kappa shape index (κ2) is 6.75. The maximum absolute atomic E-state index is 11.8. The summed E-state index contributed by atoms with van der Waals surface area (Å²) >= 11 is 0. The van der Waals surface area contributed by atoms with E-state index in [1.165, 1.54) is 5.56 Å². The Morgan fingerprint density at radius 1 is 1.30 bits per heavy atom. The van der Waals surface area contributed by atoms with E-state index in [2.05, 4.69) is 5.32 Å². The van der Waals surface area contributed by atoms with Crippen molar-refractivity contribution < 1.29 is 14.6 Å². The Bertz CT molecular complexity index is 473. The van der Waals surface area contributed by atoms with Crippen molar-refractivity contribution in [3.8, 4) is 5.75 Å². The standard InChI is InChI=1S/C16H23NO3/c1-11-7-8-13(9-12(11)2)20-10-16(19)17-14-5-3-4-6-15(14)18/h7-9,14-15,18H,3-6,10H2,1-2H3,(H,17,19)/t14-,15-/m0/s1. The van der Waals surface area contributed by atoms with Crippen LogP contribution in [0.3, 0.4) is 0 Å². The molecule has 1 aliphatic rings. The van der Waals surface area contributed by atoms with Gasteiger partial charge >= 0.3 is 0 Å². The third-order valence-corrected chi connectivity index (χ3v) is 3.92. The number of aryl methyl sites for hydroxylation is 2. The molecule has 2 rings (SSSR count). The minimum atomic E-state index is -0.422. The molecule has 0 bridgehead atoms. The number of carbonyl (C=O) groups excluding carboxylic acids is 1. The van der Waals surface area contributed by atoms with E-state index < -0.39 is 6.10 Å². The summed E-state index contributed by atoms with van der Waals surface area (Å²) in [5.41, 5.74) is 2.35. The fourth-order valence-electron chi connectivity index (χ4n) is 2.48. The average molecular weight is 277 g/mol. The lowest BCUT2D eigenvalue weighted by molar-refractivity contribution is -0.125. The van der Waals surface area contributed by atoms with E-state index in [9.17, 15) is 9.90 Å². The summed E-state index contributed by atoms with van der Waals surface area (Å²) in [6.07, 6.45) is 3.28. The molecule has 1 aliphatic carbocycles. The molecule has 1 amide bonds. The Balaban J connectivity index is 1.81. The Hall–Kier alpha value is -1.55. The maximum Gasteiger partial charge on any atom is 0.258 e. The predicted octanol–water partition coefficient (Wildman–Crippen LogP) is 2.10.